The predicted octanol–water partition coefficient (Wildman–Crippen LogP) is 1.28. The van der Waals surface area contributed by atoms with Gasteiger partial charge in [-0.25, -0.2) is 0 Å². The molecule has 150 valence electrons. The van der Waals surface area contributed by atoms with Crippen LogP contribution < -0.4 is 4.90 Å². The first kappa shape index (κ1) is 17.3. The molecule has 29 heavy (non-hydrogen) atoms. The molecule has 3 aliphatic heterocycles. The van der Waals surface area contributed by atoms with Gasteiger partial charge in [-0.15, -0.1) is 0 Å². The van der Waals surface area contributed by atoms with Crippen molar-refractivity contribution in [3.05, 3.63) is 29.8 Å². The standard InChI is InChI=1S/C22H23N3O4/c1-12(26)29-10-21-9-25(11-23)18-13-8-28-17(7-15(13)21)22(19(18)21)14-5-3-4-6-16(14)24(2)20(22)27/h3-6,13,15,17-19H,7-10H2,1-2H3. The van der Waals surface area contributed by atoms with Crippen molar-refractivity contribution in [1.82, 2.24) is 4.90 Å². The Morgan fingerprint density at radius 2 is 2.21 bits per heavy atom. The zero-order valence-corrected chi connectivity index (χ0v) is 16.5. The molecule has 4 fully saturated rings. The second-order valence-corrected chi connectivity index (χ2v) is 9.29. The molecule has 5 aliphatic rings. The highest BCUT2D eigenvalue weighted by atomic mass is 16.5. The van der Waals surface area contributed by atoms with Crippen LogP contribution in [0.25, 0.3) is 0 Å². The maximum Gasteiger partial charge on any atom is 0.302 e. The first-order chi connectivity index (χ1) is 14.0. The van der Waals surface area contributed by atoms with Crippen molar-refractivity contribution >= 4 is 17.6 Å². The van der Waals surface area contributed by atoms with E-state index in [9.17, 15) is 14.9 Å². The lowest BCUT2D eigenvalue weighted by Gasteiger charge is -2.55. The van der Waals surface area contributed by atoms with Gasteiger partial charge in [0.1, 0.15) is 5.41 Å². The Hall–Kier alpha value is -2.59. The summed E-state index contributed by atoms with van der Waals surface area (Å²) in [5.41, 5.74) is 0.690. The van der Waals surface area contributed by atoms with Crippen molar-refractivity contribution in [3.8, 4) is 6.19 Å². The van der Waals surface area contributed by atoms with Gasteiger partial charge in [-0.1, -0.05) is 18.2 Å². The highest BCUT2D eigenvalue weighted by Crippen LogP contribution is 2.73. The number of carbonyl (C=O) groups is 2. The monoisotopic (exact) mass is 393 g/mol. The Kier molecular flexibility index (Phi) is 3.16. The van der Waals surface area contributed by atoms with Gasteiger partial charge in [0.15, 0.2) is 6.19 Å². The molecule has 0 N–H and O–H groups in total. The fourth-order valence-electron chi connectivity index (χ4n) is 7.73. The minimum Gasteiger partial charge on any atom is -0.465 e. The summed E-state index contributed by atoms with van der Waals surface area (Å²) in [6.07, 6.45) is 2.93. The Labute approximate surface area is 169 Å². The first-order valence-electron chi connectivity index (χ1n) is 10.3. The molecule has 6 rings (SSSR count). The number of amides is 1. The normalized spacial score (nSPS) is 43.1. The van der Waals surface area contributed by atoms with Gasteiger partial charge in [0.05, 0.1) is 19.3 Å². The molecule has 7 nitrogen and oxygen atoms in total. The molecule has 1 aromatic rings. The number of hydrogen-bond donors (Lipinski definition) is 0. The minimum atomic E-state index is -0.830. The Morgan fingerprint density at radius 3 is 2.97 bits per heavy atom. The Morgan fingerprint density at radius 1 is 1.41 bits per heavy atom. The molecule has 5 bridgehead atoms. The number of benzene rings is 1. The number of nitrogens with zero attached hydrogens (tertiary/aromatic N) is 3. The second-order valence-electron chi connectivity index (χ2n) is 9.29. The van der Waals surface area contributed by atoms with Crippen LogP contribution in [0.5, 0.6) is 0 Å². The number of carbonyl (C=O) groups excluding carboxylic acids is 2. The third-order valence-corrected chi connectivity index (χ3v) is 8.48. The lowest BCUT2D eigenvalue weighted by Crippen LogP contribution is -2.64. The molecule has 0 aromatic heterocycles. The lowest BCUT2D eigenvalue weighted by molar-refractivity contribution is -0.176. The van der Waals surface area contributed by atoms with Crippen LogP contribution in [-0.2, 0) is 24.5 Å². The van der Waals surface area contributed by atoms with Crippen LogP contribution in [-0.4, -0.2) is 55.7 Å². The number of anilines is 1. The maximum atomic E-state index is 13.9. The first-order valence-corrected chi connectivity index (χ1v) is 10.3. The Balaban J connectivity index is 1.61. The second kappa shape index (κ2) is 5.31. The summed E-state index contributed by atoms with van der Waals surface area (Å²) in [6, 6.07) is 7.89. The minimum absolute atomic E-state index is 0.0479. The molecule has 2 saturated carbocycles. The van der Waals surface area contributed by atoms with E-state index in [1.165, 1.54) is 6.92 Å². The summed E-state index contributed by atoms with van der Waals surface area (Å²) in [5, 5.41) is 9.90. The largest absolute Gasteiger partial charge is 0.465 e. The van der Waals surface area contributed by atoms with Crippen molar-refractivity contribution in [3.63, 3.8) is 0 Å². The number of likely N-dealkylation sites (N-methyl/N-ethyl adjacent to an activating group) is 1. The van der Waals surface area contributed by atoms with Gasteiger partial charge in [-0.05, 0) is 24.0 Å². The van der Waals surface area contributed by atoms with Crippen LogP contribution in [0.15, 0.2) is 24.3 Å². The van der Waals surface area contributed by atoms with Gasteiger partial charge in [0, 0.05) is 49.5 Å². The SMILES string of the molecule is CC(=O)OCC12CN(C#N)C3C4COC(CC41)C1(C(=O)N(C)c4ccccc41)C32. The van der Waals surface area contributed by atoms with Crippen LogP contribution >= 0.6 is 0 Å². The van der Waals surface area contributed by atoms with Crippen LogP contribution in [0.1, 0.15) is 18.9 Å². The fourth-order valence-corrected chi connectivity index (χ4v) is 7.73. The predicted molar refractivity (Wildman–Crippen MR) is 102 cm³/mol. The number of fused-ring (bicyclic) bond motifs is 5. The molecule has 2 aliphatic carbocycles. The molecular formula is C22H23N3O4. The zero-order valence-electron chi connectivity index (χ0n) is 16.5. The maximum absolute atomic E-state index is 13.9. The number of piperidine rings is 1. The van der Waals surface area contributed by atoms with E-state index >= 15 is 0 Å². The third kappa shape index (κ3) is 1.70. The van der Waals surface area contributed by atoms with Gasteiger partial charge in [0.25, 0.3) is 0 Å². The van der Waals surface area contributed by atoms with Crippen molar-refractivity contribution in [2.45, 2.75) is 30.9 Å². The summed E-state index contributed by atoms with van der Waals surface area (Å²) >= 11 is 0. The summed E-state index contributed by atoms with van der Waals surface area (Å²) in [5.74, 6) is 0.111. The van der Waals surface area contributed by atoms with Crippen LogP contribution in [0.3, 0.4) is 0 Å². The van der Waals surface area contributed by atoms with Crippen molar-refractivity contribution in [2.24, 2.45) is 23.2 Å². The van der Waals surface area contributed by atoms with E-state index in [0.717, 1.165) is 17.7 Å². The van der Waals surface area contributed by atoms with Crippen LogP contribution in [0.4, 0.5) is 5.69 Å². The number of likely N-dealkylation sites (tertiary alicyclic amines) is 1. The summed E-state index contributed by atoms with van der Waals surface area (Å²) < 4.78 is 11.9. The average molecular weight is 393 g/mol. The average Bonchev–Trinajstić information content (AvgIpc) is 3.21. The van der Waals surface area contributed by atoms with Crippen LogP contribution in [0, 0.1) is 34.6 Å². The van der Waals surface area contributed by atoms with Gasteiger partial charge in [-0.2, -0.15) is 5.26 Å². The smallest absolute Gasteiger partial charge is 0.302 e. The van der Waals surface area contributed by atoms with Crippen molar-refractivity contribution in [2.75, 3.05) is 31.7 Å². The topological polar surface area (TPSA) is 82.9 Å². The highest BCUT2D eigenvalue weighted by Gasteiger charge is 2.82. The molecule has 3 heterocycles. The van der Waals surface area contributed by atoms with E-state index in [4.69, 9.17) is 9.47 Å². The van der Waals surface area contributed by atoms with Crippen LogP contribution in [0.2, 0.25) is 0 Å². The van der Waals surface area contributed by atoms with Gasteiger partial charge in [-0.3, -0.25) is 9.59 Å². The summed E-state index contributed by atoms with van der Waals surface area (Å²) in [4.78, 5) is 29.3. The number of rotatable bonds is 2. The molecular weight excluding hydrogens is 370 g/mol. The van der Waals surface area contributed by atoms with Crippen molar-refractivity contribution in [1.29, 1.82) is 5.26 Å². The van der Waals surface area contributed by atoms with E-state index < -0.39 is 10.8 Å². The van der Waals surface area contributed by atoms with E-state index in [2.05, 4.69) is 6.19 Å². The van der Waals surface area contributed by atoms with E-state index in [1.807, 2.05) is 36.2 Å². The molecule has 0 radical (unpaired) electrons. The van der Waals surface area contributed by atoms with Gasteiger partial charge >= 0.3 is 5.97 Å². The molecule has 7 atom stereocenters. The molecule has 7 unspecified atom stereocenters. The van der Waals surface area contributed by atoms with E-state index in [0.29, 0.717) is 19.1 Å². The zero-order chi connectivity index (χ0) is 20.1. The van der Waals surface area contributed by atoms with Gasteiger partial charge < -0.3 is 19.3 Å². The number of nitriles is 1. The van der Waals surface area contributed by atoms with E-state index in [1.54, 1.807) is 4.90 Å². The summed E-state index contributed by atoms with van der Waals surface area (Å²) in [7, 11) is 1.83. The third-order valence-electron chi connectivity index (χ3n) is 8.48. The molecule has 7 heteroatoms. The number of ether oxygens (including phenoxy) is 2. The number of para-hydroxylation sites is 1. The lowest BCUT2D eigenvalue weighted by atomic mass is 9.51. The van der Waals surface area contributed by atoms with Gasteiger partial charge in [0.2, 0.25) is 5.91 Å². The molecule has 1 amide bonds. The van der Waals surface area contributed by atoms with Crippen molar-refractivity contribution < 1.29 is 19.1 Å². The van der Waals surface area contributed by atoms with E-state index in [-0.39, 0.29) is 42.5 Å². The Bertz CT molecular complexity index is 989. The number of esters is 1. The fraction of sp³-hybridized carbons (Fsp3) is 0.591. The molecule has 1 aromatic carbocycles. The summed E-state index contributed by atoms with van der Waals surface area (Å²) in [6.45, 7) is 2.78. The molecule has 2 saturated heterocycles. The quantitative estimate of drug-likeness (QED) is 0.556. The number of hydrogen-bond acceptors (Lipinski definition) is 6. The molecule has 1 spiro atoms. The highest BCUT2D eigenvalue weighted by molar-refractivity contribution is 6.09.